The first kappa shape index (κ1) is 8.08. The fourth-order valence-corrected chi connectivity index (χ4v) is 0.363. The molecule has 0 aromatic heterocycles. The molecule has 0 spiro atoms. The molecular weight excluding hydrogens is 112 g/mol. The van der Waals surface area contributed by atoms with Crippen LogP contribution in [0, 0.1) is 24.2 Å². The van der Waals surface area contributed by atoms with Crippen LogP contribution in [0.3, 0.4) is 0 Å². The van der Waals surface area contributed by atoms with E-state index >= 15 is 0 Å². The number of methoxy groups -OCH3 is 1. The molecule has 1 atom stereocenters. The Morgan fingerprint density at radius 1 is 1.67 bits per heavy atom. The molecule has 0 aliphatic rings. The lowest BCUT2D eigenvalue weighted by molar-refractivity contribution is 0.191. The normalized spacial score (nSPS) is 10.8. The molecule has 1 heteroatoms. The van der Waals surface area contributed by atoms with Crippen molar-refractivity contribution >= 4 is 0 Å². The highest BCUT2D eigenvalue weighted by atomic mass is 16.5. The van der Waals surface area contributed by atoms with E-state index in [1.165, 1.54) is 0 Å². The third-order valence-corrected chi connectivity index (χ3v) is 0.797. The van der Waals surface area contributed by atoms with Crippen molar-refractivity contribution in [1.29, 1.82) is 0 Å². The SMILES string of the molecule is C#CC(C#CCC)OC. The Balaban J connectivity index is 3.72. The Hall–Kier alpha value is -0.920. The van der Waals surface area contributed by atoms with Gasteiger partial charge < -0.3 is 4.74 Å². The molecule has 0 bridgehead atoms. The van der Waals surface area contributed by atoms with Crippen molar-refractivity contribution in [3.8, 4) is 24.2 Å². The summed E-state index contributed by atoms with van der Waals surface area (Å²) in [6.07, 6.45) is 5.54. The van der Waals surface area contributed by atoms with Gasteiger partial charge in [-0.15, -0.1) is 6.42 Å². The summed E-state index contributed by atoms with van der Waals surface area (Å²) >= 11 is 0. The van der Waals surface area contributed by atoms with E-state index in [1.807, 2.05) is 6.92 Å². The maximum Gasteiger partial charge on any atom is 0.178 e. The van der Waals surface area contributed by atoms with Gasteiger partial charge in [0.1, 0.15) is 0 Å². The lowest BCUT2D eigenvalue weighted by atomic mass is 10.3. The van der Waals surface area contributed by atoms with Gasteiger partial charge in [0, 0.05) is 13.5 Å². The highest BCUT2D eigenvalue weighted by molar-refractivity contribution is 5.16. The van der Waals surface area contributed by atoms with Gasteiger partial charge in [-0.05, 0) is 0 Å². The molecule has 0 aliphatic carbocycles. The summed E-state index contributed by atoms with van der Waals surface area (Å²) < 4.78 is 4.79. The third kappa shape index (κ3) is 3.64. The van der Waals surface area contributed by atoms with E-state index in [2.05, 4.69) is 17.8 Å². The van der Waals surface area contributed by atoms with Crippen LogP contribution in [0.4, 0.5) is 0 Å². The molecule has 0 aromatic rings. The Kier molecular flexibility index (Phi) is 4.69. The predicted molar refractivity (Wildman–Crippen MR) is 37.7 cm³/mol. The molecule has 0 aliphatic heterocycles. The van der Waals surface area contributed by atoms with E-state index < -0.39 is 0 Å². The molecule has 0 rings (SSSR count). The largest absolute Gasteiger partial charge is 0.357 e. The van der Waals surface area contributed by atoms with Gasteiger partial charge in [0.15, 0.2) is 6.10 Å². The van der Waals surface area contributed by atoms with Crippen LogP contribution in [0.1, 0.15) is 13.3 Å². The lowest BCUT2D eigenvalue weighted by Gasteiger charge is -1.95. The minimum Gasteiger partial charge on any atom is -0.357 e. The van der Waals surface area contributed by atoms with Gasteiger partial charge in [0.05, 0.1) is 0 Å². The summed E-state index contributed by atoms with van der Waals surface area (Å²) in [7, 11) is 1.55. The van der Waals surface area contributed by atoms with E-state index in [4.69, 9.17) is 11.2 Å². The molecule has 0 saturated heterocycles. The molecule has 1 unspecified atom stereocenters. The standard InChI is InChI=1S/C8H10O/c1-4-6-7-8(5-2)9-3/h2,8H,4H2,1,3H3. The van der Waals surface area contributed by atoms with Crippen LogP contribution in [0.2, 0.25) is 0 Å². The Bertz CT molecular complexity index is 154. The third-order valence-electron chi connectivity index (χ3n) is 0.797. The summed E-state index contributed by atoms with van der Waals surface area (Å²) in [6.45, 7) is 1.97. The number of ether oxygens (including phenoxy) is 1. The first-order valence-electron chi connectivity index (χ1n) is 2.82. The fraction of sp³-hybridized carbons (Fsp3) is 0.500. The van der Waals surface area contributed by atoms with Gasteiger partial charge in [-0.3, -0.25) is 0 Å². The van der Waals surface area contributed by atoms with Crippen LogP contribution < -0.4 is 0 Å². The second-order valence-electron chi connectivity index (χ2n) is 1.46. The number of terminal acetylenes is 1. The van der Waals surface area contributed by atoms with Crippen molar-refractivity contribution in [3.05, 3.63) is 0 Å². The average molecular weight is 122 g/mol. The summed E-state index contributed by atoms with van der Waals surface area (Å²) in [5.41, 5.74) is 0. The zero-order valence-electron chi connectivity index (χ0n) is 5.77. The van der Waals surface area contributed by atoms with Crippen molar-refractivity contribution in [1.82, 2.24) is 0 Å². The summed E-state index contributed by atoms with van der Waals surface area (Å²) in [5.74, 6) is 7.98. The second-order valence-corrected chi connectivity index (χ2v) is 1.46. The molecule has 0 N–H and O–H groups in total. The fourth-order valence-electron chi connectivity index (χ4n) is 0.363. The minimum atomic E-state index is -0.329. The molecule has 0 saturated carbocycles. The lowest BCUT2D eigenvalue weighted by Crippen LogP contribution is -2.02. The molecule has 0 radical (unpaired) electrons. The van der Waals surface area contributed by atoms with Gasteiger partial charge in [-0.1, -0.05) is 24.7 Å². The first-order chi connectivity index (χ1) is 4.35. The van der Waals surface area contributed by atoms with Crippen LogP contribution in [0.5, 0.6) is 0 Å². The molecule has 0 fully saturated rings. The number of hydrogen-bond acceptors (Lipinski definition) is 1. The smallest absolute Gasteiger partial charge is 0.178 e. The van der Waals surface area contributed by atoms with Crippen molar-refractivity contribution in [3.63, 3.8) is 0 Å². The van der Waals surface area contributed by atoms with Crippen LogP contribution in [-0.2, 0) is 4.74 Å². The molecular formula is C8H10O. The average Bonchev–Trinajstić information content (AvgIpc) is 1.91. The Morgan fingerprint density at radius 2 is 2.33 bits per heavy atom. The van der Waals surface area contributed by atoms with Crippen LogP contribution in [-0.4, -0.2) is 13.2 Å². The molecule has 9 heavy (non-hydrogen) atoms. The van der Waals surface area contributed by atoms with Gasteiger partial charge in [-0.25, -0.2) is 0 Å². The van der Waals surface area contributed by atoms with E-state index in [-0.39, 0.29) is 6.10 Å². The number of rotatable bonds is 1. The van der Waals surface area contributed by atoms with Crippen LogP contribution >= 0.6 is 0 Å². The maximum atomic E-state index is 5.05. The minimum absolute atomic E-state index is 0.329. The Morgan fingerprint density at radius 3 is 2.67 bits per heavy atom. The van der Waals surface area contributed by atoms with E-state index in [0.29, 0.717) is 0 Å². The highest BCUT2D eigenvalue weighted by Crippen LogP contribution is 1.82. The monoisotopic (exact) mass is 122 g/mol. The quantitative estimate of drug-likeness (QED) is 0.472. The van der Waals surface area contributed by atoms with Gasteiger partial charge in [-0.2, -0.15) is 0 Å². The zero-order chi connectivity index (χ0) is 7.11. The predicted octanol–water partition coefficient (Wildman–Crippen LogP) is 1.05. The van der Waals surface area contributed by atoms with Gasteiger partial charge in [0.25, 0.3) is 0 Å². The molecule has 0 aromatic carbocycles. The van der Waals surface area contributed by atoms with E-state index in [1.54, 1.807) is 7.11 Å². The van der Waals surface area contributed by atoms with Crippen molar-refractivity contribution in [2.24, 2.45) is 0 Å². The second kappa shape index (κ2) is 5.22. The zero-order valence-corrected chi connectivity index (χ0v) is 5.77. The topological polar surface area (TPSA) is 9.23 Å². The van der Waals surface area contributed by atoms with Crippen molar-refractivity contribution in [2.45, 2.75) is 19.4 Å². The first-order valence-corrected chi connectivity index (χ1v) is 2.82. The molecule has 0 heterocycles. The summed E-state index contributed by atoms with van der Waals surface area (Å²) in [6, 6.07) is 0. The Labute approximate surface area is 56.4 Å². The summed E-state index contributed by atoms with van der Waals surface area (Å²) in [4.78, 5) is 0. The van der Waals surface area contributed by atoms with Gasteiger partial charge in [0.2, 0.25) is 0 Å². The van der Waals surface area contributed by atoms with Crippen molar-refractivity contribution in [2.75, 3.05) is 7.11 Å². The number of hydrogen-bond donors (Lipinski definition) is 0. The van der Waals surface area contributed by atoms with Gasteiger partial charge >= 0.3 is 0 Å². The highest BCUT2D eigenvalue weighted by Gasteiger charge is 1.91. The van der Waals surface area contributed by atoms with E-state index in [9.17, 15) is 0 Å². The molecule has 48 valence electrons. The van der Waals surface area contributed by atoms with E-state index in [0.717, 1.165) is 6.42 Å². The molecule has 0 amide bonds. The summed E-state index contributed by atoms with van der Waals surface area (Å²) in [5, 5.41) is 0. The maximum absolute atomic E-state index is 5.05. The van der Waals surface area contributed by atoms with Crippen molar-refractivity contribution < 1.29 is 4.74 Å². The van der Waals surface area contributed by atoms with Crippen LogP contribution in [0.15, 0.2) is 0 Å². The molecule has 1 nitrogen and oxygen atoms in total. The van der Waals surface area contributed by atoms with Crippen LogP contribution in [0.25, 0.3) is 0 Å².